The molecule has 0 fully saturated rings. The van der Waals surface area contributed by atoms with E-state index in [0.29, 0.717) is 34.6 Å². The van der Waals surface area contributed by atoms with E-state index < -0.39 is 5.97 Å². The molecular weight excluding hydrogens is 240 g/mol. The highest BCUT2D eigenvalue weighted by Crippen LogP contribution is 2.22. The molecule has 0 aliphatic carbocycles. The van der Waals surface area contributed by atoms with Crippen molar-refractivity contribution in [3.8, 4) is 0 Å². The van der Waals surface area contributed by atoms with Crippen LogP contribution in [-0.4, -0.2) is 22.6 Å². The number of halogens is 1. The molecule has 0 aliphatic rings. The van der Waals surface area contributed by atoms with Crippen LogP contribution in [0.2, 0.25) is 5.02 Å². The third-order valence-corrected chi connectivity index (χ3v) is 2.69. The van der Waals surface area contributed by atoms with Crippen LogP contribution < -0.4 is 5.73 Å². The summed E-state index contributed by atoms with van der Waals surface area (Å²) in [5.41, 5.74) is 6.96. The standard InChI is InChI=1S/C12H11ClN2O2/c13-7-1-2-11-9(5-7)10(12(16)17)6-8(15-11)3-4-14/h1-2,5-6H,3-4,14H2,(H,16,17). The van der Waals surface area contributed by atoms with Crippen molar-refractivity contribution in [1.82, 2.24) is 4.98 Å². The monoisotopic (exact) mass is 250 g/mol. The van der Waals surface area contributed by atoms with E-state index in [4.69, 9.17) is 22.4 Å². The molecule has 0 aliphatic heterocycles. The Kier molecular flexibility index (Phi) is 3.26. The summed E-state index contributed by atoms with van der Waals surface area (Å²) in [7, 11) is 0. The van der Waals surface area contributed by atoms with E-state index >= 15 is 0 Å². The number of rotatable bonds is 3. The summed E-state index contributed by atoms with van der Waals surface area (Å²) in [6.07, 6.45) is 0.554. The molecule has 0 spiro atoms. The van der Waals surface area contributed by atoms with E-state index in [1.807, 2.05) is 0 Å². The van der Waals surface area contributed by atoms with Crippen LogP contribution >= 0.6 is 11.6 Å². The lowest BCUT2D eigenvalue weighted by Gasteiger charge is -2.06. The predicted molar refractivity (Wildman–Crippen MR) is 66.5 cm³/mol. The molecule has 0 radical (unpaired) electrons. The second kappa shape index (κ2) is 4.69. The van der Waals surface area contributed by atoms with Gasteiger partial charge in [-0.05, 0) is 30.8 Å². The Hall–Kier alpha value is -1.65. The first-order valence-electron chi connectivity index (χ1n) is 5.14. The molecule has 0 unspecified atom stereocenters. The molecule has 1 aromatic heterocycles. The van der Waals surface area contributed by atoms with E-state index in [2.05, 4.69) is 4.98 Å². The average Bonchev–Trinajstić information content (AvgIpc) is 2.28. The van der Waals surface area contributed by atoms with Gasteiger partial charge in [0.25, 0.3) is 0 Å². The topological polar surface area (TPSA) is 76.2 Å². The van der Waals surface area contributed by atoms with E-state index in [1.165, 1.54) is 0 Å². The number of benzene rings is 1. The van der Waals surface area contributed by atoms with Gasteiger partial charge in [-0.25, -0.2) is 4.79 Å². The quantitative estimate of drug-likeness (QED) is 0.875. The van der Waals surface area contributed by atoms with Gasteiger partial charge in [-0.1, -0.05) is 11.6 Å². The molecule has 0 saturated heterocycles. The summed E-state index contributed by atoms with van der Waals surface area (Å²) in [6, 6.07) is 6.56. The van der Waals surface area contributed by atoms with Gasteiger partial charge < -0.3 is 10.8 Å². The van der Waals surface area contributed by atoms with Gasteiger partial charge in [0, 0.05) is 22.5 Å². The molecule has 0 bridgehead atoms. The molecule has 88 valence electrons. The number of fused-ring (bicyclic) bond motifs is 1. The van der Waals surface area contributed by atoms with Crippen LogP contribution in [0, 0.1) is 0 Å². The van der Waals surface area contributed by atoms with Gasteiger partial charge in [0.15, 0.2) is 0 Å². The maximum Gasteiger partial charge on any atom is 0.336 e. The maximum atomic E-state index is 11.2. The lowest BCUT2D eigenvalue weighted by molar-refractivity contribution is 0.0699. The molecule has 1 heterocycles. The molecule has 0 atom stereocenters. The second-order valence-electron chi connectivity index (χ2n) is 3.67. The number of hydrogen-bond donors (Lipinski definition) is 2. The van der Waals surface area contributed by atoms with Crippen molar-refractivity contribution in [2.75, 3.05) is 6.54 Å². The molecule has 2 rings (SSSR count). The Bertz CT molecular complexity index is 584. The molecule has 0 saturated carbocycles. The average molecular weight is 251 g/mol. The molecule has 3 N–H and O–H groups in total. The highest BCUT2D eigenvalue weighted by molar-refractivity contribution is 6.31. The number of hydrogen-bond acceptors (Lipinski definition) is 3. The van der Waals surface area contributed by atoms with Crippen LogP contribution in [0.4, 0.5) is 0 Å². The van der Waals surface area contributed by atoms with Gasteiger partial charge in [0.2, 0.25) is 0 Å². The summed E-state index contributed by atoms with van der Waals surface area (Å²) in [5.74, 6) is -0.988. The first-order chi connectivity index (χ1) is 8.11. The Morgan fingerprint density at radius 2 is 2.18 bits per heavy atom. The lowest BCUT2D eigenvalue weighted by Crippen LogP contribution is -2.07. The summed E-state index contributed by atoms with van der Waals surface area (Å²) in [4.78, 5) is 15.5. The molecule has 5 heteroatoms. The smallest absolute Gasteiger partial charge is 0.336 e. The first kappa shape index (κ1) is 11.8. The van der Waals surface area contributed by atoms with Crippen LogP contribution in [-0.2, 0) is 6.42 Å². The van der Waals surface area contributed by atoms with Crippen molar-refractivity contribution >= 4 is 28.5 Å². The Balaban J connectivity index is 2.72. The van der Waals surface area contributed by atoms with E-state index in [0.717, 1.165) is 0 Å². The van der Waals surface area contributed by atoms with Gasteiger partial charge in [0.05, 0.1) is 11.1 Å². The van der Waals surface area contributed by atoms with Crippen molar-refractivity contribution in [2.24, 2.45) is 5.73 Å². The summed E-state index contributed by atoms with van der Waals surface area (Å²) >= 11 is 5.86. The minimum Gasteiger partial charge on any atom is -0.478 e. The fourth-order valence-corrected chi connectivity index (χ4v) is 1.88. The van der Waals surface area contributed by atoms with Gasteiger partial charge in [-0.3, -0.25) is 4.98 Å². The number of pyridine rings is 1. The van der Waals surface area contributed by atoms with Crippen LogP contribution in [0.3, 0.4) is 0 Å². The highest BCUT2D eigenvalue weighted by atomic mass is 35.5. The molecule has 1 aromatic carbocycles. The minimum absolute atomic E-state index is 0.209. The van der Waals surface area contributed by atoms with Gasteiger partial charge in [0.1, 0.15) is 0 Å². The fraction of sp³-hybridized carbons (Fsp3) is 0.167. The van der Waals surface area contributed by atoms with E-state index in [9.17, 15) is 4.79 Å². The van der Waals surface area contributed by atoms with Crippen molar-refractivity contribution < 1.29 is 9.90 Å². The normalized spacial score (nSPS) is 10.7. The summed E-state index contributed by atoms with van der Waals surface area (Å²) < 4.78 is 0. The predicted octanol–water partition coefficient (Wildman–Crippen LogP) is 2.09. The number of carbonyl (C=O) groups is 1. The third kappa shape index (κ3) is 2.38. The summed E-state index contributed by atoms with van der Waals surface area (Å²) in [6.45, 7) is 0.436. The first-order valence-corrected chi connectivity index (χ1v) is 5.52. The largest absolute Gasteiger partial charge is 0.478 e. The van der Waals surface area contributed by atoms with Crippen LogP contribution in [0.5, 0.6) is 0 Å². The third-order valence-electron chi connectivity index (χ3n) is 2.45. The highest BCUT2D eigenvalue weighted by Gasteiger charge is 2.11. The Labute approximate surface area is 103 Å². The van der Waals surface area contributed by atoms with Crippen molar-refractivity contribution in [2.45, 2.75) is 6.42 Å². The van der Waals surface area contributed by atoms with E-state index in [1.54, 1.807) is 24.3 Å². The fourth-order valence-electron chi connectivity index (χ4n) is 1.71. The maximum absolute atomic E-state index is 11.2. The van der Waals surface area contributed by atoms with Gasteiger partial charge in [-0.2, -0.15) is 0 Å². The summed E-state index contributed by atoms with van der Waals surface area (Å²) in [5, 5.41) is 10.2. The molecule has 2 aromatic rings. The lowest BCUT2D eigenvalue weighted by atomic mass is 10.1. The van der Waals surface area contributed by atoms with Crippen molar-refractivity contribution in [3.63, 3.8) is 0 Å². The number of nitrogens with two attached hydrogens (primary N) is 1. The Morgan fingerprint density at radius 3 is 2.82 bits per heavy atom. The molecule has 0 amide bonds. The van der Waals surface area contributed by atoms with Gasteiger partial charge >= 0.3 is 5.97 Å². The molecule has 4 nitrogen and oxygen atoms in total. The van der Waals surface area contributed by atoms with Gasteiger partial charge in [-0.15, -0.1) is 0 Å². The second-order valence-corrected chi connectivity index (χ2v) is 4.10. The SMILES string of the molecule is NCCc1cc(C(=O)O)c2cc(Cl)ccc2n1. The minimum atomic E-state index is -0.988. The number of nitrogens with zero attached hydrogens (tertiary/aromatic N) is 1. The molecular formula is C12H11ClN2O2. The van der Waals surface area contributed by atoms with Crippen molar-refractivity contribution in [3.05, 3.63) is 40.5 Å². The number of carboxylic acid groups (broad SMARTS) is 1. The zero-order valence-electron chi connectivity index (χ0n) is 8.98. The zero-order valence-corrected chi connectivity index (χ0v) is 9.74. The van der Waals surface area contributed by atoms with Crippen LogP contribution in [0.15, 0.2) is 24.3 Å². The Morgan fingerprint density at radius 1 is 1.41 bits per heavy atom. The number of aromatic carboxylic acids is 1. The van der Waals surface area contributed by atoms with Crippen LogP contribution in [0.1, 0.15) is 16.1 Å². The van der Waals surface area contributed by atoms with E-state index in [-0.39, 0.29) is 5.56 Å². The van der Waals surface area contributed by atoms with Crippen molar-refractivity contribution in [1.29, 1.82) is 0 Å². The number of aromatic nitrogens is 1. The zero-order chi connectivity index (χ0) is 12.4. The van der Waals surface area contributed by atoms with Crippen LogP contribution in [0.25, 0.3) is 10.9 Å². The molecule has 17 heavy (non-hydrogen) atoms. The number of carboxylic acids is 1.